The quantitative estimate of drug-likeness (QED) is 0.437. The predicted molar refractivity (Wildman–Crippen MR) is 73.0 cm³/mol. The number of nitrogens with zero attached hydrogens (tertiary/aromatic N) is 1. The van der Waals surface area contributed by atoms with E-state index in [-0.39, 0.29) is 0 Å². The van der Waals surface area contributed by atoms with Gasteiger partial charge in [0.2, 0.25) is 0 Å². The van der Waals surface area contributed by atoms with Gasteiger partial charge in [-0.15, -0.1) is 0 Å². The molecule has 3 heteroatoms. The van der Waals surface area contributed by atoms with E-state index in [9.17, 15) is 0 Å². The monoisotopic (exact) mass is 235 g/mol. The highest BCUT2D eigenvalue weighted by atomic mass is 15.1. The van der Waals surface area contributed by atoms with Crippen molar-refractivity contribution in [3.8, 4) is 0 Å². The van der Waals surface area contributed by atoms with Crippen molar-refractivity contribution < 1.29 is 0 Å². The van der Waals surface area contributed by atoms with Crippen LogP contribution in [0.15, 0.2) is 16.6 Å². The molecule has 0 bridgehead atoms. The molecule has 3 nitrogen and oxygen atoms in total. The molecule has 2 aliphatic rings. The van der Waals surface area contributed by atoms with Crippen molar-refractivity contribution in [1.82, 2.24) is 5.32 Å². The first-order valence-electron chi connectivity index (χ1n) is 7.06. The highest BCUT2D eigenvalue weighted by Crippen LogP contribution is 2.26. The Morgan fingerprint density at radius 3 is 2.88 bits per heavy atom. The Hall–Kier alpha value is -0.990. The predicted octanol–water partition coefficient (Wildman–Crippen LogP) is 2.58. The van der Waals surface area contributed by atoms with E-state index in [4.69, 9.17) is 5.73 Å². The van der Waals surface area contributed by atoms with E-state index < -0.39 is 0 Å². The van der Waals surface area contributed by atoms with Crippen molar-refractivity contribution in [1.29, 1.82) is 0 Å². The molecule has 0 aromatic rings. The highest BCUT2D eigenvalue weighted by molar-refractivity contribution is 5.77. The average molecular weight is 235 g/mol. The van der Waals surface area contributed by atoms with E-state index in [1.54, 1.807) is 5.57 Å². The topological polar surface area (TPSA) is 50.4 Å². The van der Waals surface area contributed by atoms with Crippen molar-refractivity contribution in [2.24, 2.45) is 16.6 Å². The molecule has 0 radical (unpaired) electrons. The minimum atomic E-state index is 0.633. The summed E-state index contributed by atoms with van der Waals surface area (Å²) in [7, 11) is 0. The zero-order valence-electron chi connectivity index (χ0n) is 10.8. The number of hydrogen-bond acceptors (Lipinski definition) is 1. The lowest BCUT2D eigenvalue weighted by molar-refractivity contribution is 0.326. The molecule has 17 heavy (non-hydrogen) atoms. The first-order chi connectivity index (χ1) is 8.34. The molecule has 0 saturated heterocycles. The maximum absolute atomic E-state index is 5.84. The maximum Gasteiger partial charge on any atom is 0.188 e. The summed E-state index contributed by atoms with van der Waals surface area (Å²) >= 11 is 0. The summed E-state index contributed by atoms with van der Waals surface area (Å²) < 4.78 is 0. The summed E-state index contributed by atoms with van der Waals surface area (Å²) in [4.78, 5) is 4.39. The van der Waals surface area contributed by atoms with Crippen molar-refractivity contribution >= 4 is 5.96 Å². The van der Waals surface area contributed by atoms with E-state index in [0.29, 0.717) is 5.96 Å². The third-order valence-corrected chi connectivity index (χ3v) is 3.88. The minimum Gasteiger partial charge on any atom is -0.370 e. The fraction of sp³-hybridized carbons (Fsp3) is 0.786. The molecular weight excluding hydrogens is 210 g/mol. The Morgan fingerprint density at radius 1 is 1.35 bits per heavy atom. The van der Waals surface area contributed by atoms with Crippen LogP contribution in [0.3, 0.4) is 0 Å². The summed E-state index contributed by atoms with van der Waals surface area (Å²) in [5.74, 6) is 1.43. The molecule has 0 aromatic heterocycles. The fourth-order valence-corrected chi connectivity index (χ4v) is 2.44. The molecule has 0 amide bonds. The SMILES string of the molecule is NC(=NCC1CCC1)NCCC1=CCCCC1. The van der Waals surface area contributed by atoms with Crippen LogP contribution >= 0.6 is 0 Å². The molecule has 0 aliphatic heterocycles. The molecule has 1 fully saturated rings. The average Bonchev–Trinajstić information content (AvgIpc) is 2.28. The van der Waals surface area contributed by atoms with Gasteiger partial charge in [0.25, 0.3) is 0 Å². The first-order valence-corrected chi connectivity index (χ1v) is 7.06. The van der Waals surface area contributed by atoms with Gasteiger partial charge in [-0.2, -0.15) is 0 Å². The lowest BCUT2D eigenvalue weighted by Gasteiger charge is -2.23. The summed E-state index contributed by atoms with van der Waals surface area (Å²) in [6.45, 7) is 1.85. The van der Waals surface area contributed by atoms with Crippen LogP contribution in [0.5, 0.6) is 0 Å². The zero-order chi connectivity index (χ0) is 11.9. The van der Waals surface area contributed by atoms with Crippen LogP contribution in [0.1, 0.15) is 51.4 Å². The zero-order valence-corrected chi connectivity index (χ0v) is 10.8. The number of hydrogen-bond donors (Lipinski definition) is 2. The summed E-state index contributed by atoms with van der Waals surface area (Å²) in [5, 5.41) is 3.22. The number of nitrogens with two attached hydrogens (primary N) is 1. The van der Waals surface area contributed by atoms with Gasteiger partial charge in [0.15, 0.2) is 5.96 Å². The normalized spacial score (nSPS) is 21.9. The summed E-state index contributed by atoms with van der Waals surface area (Å²) in [6, 6.07) is 0. The smallest absolute Gasteiger partial charge is 0.188 e. The van der Waals surface area contributed by atoms with Gasteiger partial charge >= 0.3 is 0 Å². The van der Waals surface area contributed by atoms with Crippen molar-refractivity contribution in [3.63, 3.8) is 0 Å². The summed E-state index contributed by atoms with van der Waals surface area (Å²) in [6.07, 6.45) is 12.8. The maximum atomic E-state index is 5.84. The van der Waals surface area contributed by atoms with Crippen LogP contribution in [0, 0.1) is 5.92 Å². The van der Waals surface area contributed by atoms with Crippen LogP contribution in [0.4, 0.5) is 0 Å². The molecule has 2 aliphatic carbocycles. The fourth-order valence-electron chi connectivity index (χ4n) is 2.44. The lowest BCUT2D eigenvalue weighted by atomic mass is 9.86. The molecule has 0 spiro atoms. The third kappa shape index (κ3) is 4.41. The Kier molecular flexibility index (Phi) is 4.89. The van der Waals surface area contributed by atoms with Crippen LogP contribution < -0.4 is 11.1 Å². The van der Waals surface area contributed by atoms with Crippen molar-refractivity contribution in [2.75, 3.05) is 13.1 Å². The van der Waals surface area contributed by atoms with Gasteiger partial charge in [0.1, 0.15) is 0 Å². The van der Waals surface area contributed by atoms with Crippen LogP contribution in [-0.4, -0.2) is 19.0 Å². The van der Waals surface area contributed by atoms with Gasteiger partial charge < -0.3 is 11.1 Å². The third-order valence-electron chi connectivity index (χ3n) is 3.88. The van der Waals surface area contributed by atoms with Gasteiger partial charge in [0, 0.05) is 13.1 Å². The number of aliphatic imine (C=N–C) groups is 1. The Labute approximate surface area is 105 Å². The highest BCUT2D eigenvalue weighted by Gasteiger charge is 2.16. The minimum absolute atomic E-state index is 0.633. The van der Waals surface area contributed by atoms with E-state index in [0.717, 1.165) is 25.4 Å². The number of rotatable bonds is 5. The molecule has 0 aromatic carbocycles. The largest absolute Gasteiger partial charge is 0.370 e. The van der Waals surface area contributed by atoms with E-state index >= 15 is 0 Å². The van der Waals surface area contributed by atoms with Gasteiger partial charge in [-0.25, -0.2) is 0 Å². The standard InChI is InChI=1S/C14H25N3/c15-14(17-11-13-7-4-8-13)16-10-9-12-5-2-1-3-6-12/h5,13H,1-4,6-11H2,(H3,15,16,17). The van der Waals surface area contributed by atoms with Gasteiger partial charge in [0.05, 0.1) is 0 Å². The Bertz CT molecular complexity index is 290. The molecule has 3 N–H and O–H groups in total. The number of allylic oxidation sites excluding steroid dienone is 1. The van der Waals surface area contributed by atoms with Crippen molar-refractivity contribution in [2.45, 2.75) is 51.4 Å². The summed E-state index contributed by atoms with van der Waals surface area (Å²) in [5.41, 5.74) is 7.43. The van der Waals surface area contributed by atoms with E-state index in [1.807, 2.05) is 0 Å². The molecule has 2 rings (SSSR count). The van der Waals surface area contributed by atoms with E-state index in [1.165, 1.54) is 44.9 Å². The Morgan fingerprint density at radius 2 is 2.24 bits per heavy atom. The van der Waals surface area contributed by atoms with E-state index in [2.05, 4.69) is 16.4 Å². The molecule has 0 unspecified atom stereocenters. The second kappa shape index (κ2) is 6.67. The van der Waals surface area contributed by atoms with Crippen LogP contribution in [0.2, 0.25) is 0 Å². The van der Waals surface area contributed by atoms with Crippen molar-refractivity contribution in [3.05, 3.63) is 11.6 Å². The van der Waals surface area contributed by atoms with Crippen LogP contribution in [-0.2, 0) is 0 Å². The van der Waals surface area contributed by atoms with Gasteiger partial charge in [-0.3, -0.25) is 4.99 Å². The second-order valence-electron chi connectivity index (χ2n) is 5.31. The molecule has 1 saturated carbocycles. The first kappa shape index (κ1) is 12.5. The molecule has 0 atom stereocenters. The lowest BCUT2D eigenvalue weighted by Crippen LogP contribution is -2.33. The molecular formula is C14H25N3. The number of nitrogens with one attached hydrogen (secondary N) is 1. The van der Waals surface area contributed by atoms with Gasteiger partial charge in [-0.1, -0.05) is 18.1 Å². The second-order valence-corrected chi connectivity index (χ2v) is 5.31. The van der Waals surface area contributed by atoms with Gasteiger partial charge in [-0.05, 0) is 50.9 Å². The van der Waals surface area contributed by atoms with Crippen LogP contribution in [0.25, 0.3) is 0 Å². The number of guanidine groups is 1. The molecule has 96 valence electrons. The Balaban J connectivity index is 1.58. The molecule has 0 heterocycles.